The van der Waals surface area contributed by atoms with Crippen LogP contribution in [-0.4, -0.2) is 15.2 Å². The first-order chi connectivity index (χ1) is 12.4. The molecule has 0 fully saturated rings. The van der Waals surface area contributed by atoms with Crippen molar-refractivity contribution in [1.82, 2.24) is 15.2 Å². The first kappa shape index (κ1) is 16.4. The summed E-state index contributed by atoms with van der Waals surface area (Å²) in [5, 5.41) is 8.67. The number of rotatable bonds is 2. The summed E-state index contributed by atoms with van der Waals surface area (Å²) in [6.07, 6.45) is 1.71. The molecule has 2 heterocycles. The van der Waals surface area contributed by atoms with Gasteiger partial charge in [-0.05, 0) is 42.2 Å². The number of fused-ring (bicyclic) bond motifs is 2. The average Bonchev–Trinajstić information content (AvgIpc) is 3.06. The third kappa shape index (κ3) is 2.33. The van der Waals surface area contributed by atoms with Gasteiger partial charge < -0.3 is 4.98 Å². The van der Waals surface area contributed by atoms with E-state index in [-0.39, 0.29) is 11.5 Å². The van der Waals surface area contributed by atoms with Gasteiger partial charge in [-0.15, -0.1) is 0 Å². The summed E-state index contributed by atoms with van der Waals surface area (Å²) >= 11 is 0. The van der Waals surface area contributed by atoms with Crippen LogP contribution in [0.1, 0.15) is 30.9 Å². The molecule has 0 unspecified atom stereocenters. The largest absolute Gasteiger partial charge is 0.321 e. The molecule has 6 heteroatoms. The van der Waals surface area contributed by atoms with Gasteiger partial charge in [0.2, 0.25) is 0 Å². The highest BCUT2D eigenvalue weighted by atomic mass is 19.2. The van der Waals surface area contributed by atoms with E-state index in [0.717, 1.165) is 34.0 Å². The van der Waals surface area contributed by atoms with Crippen LogP contribution in [0.4, 0.5) is 8.78 Å². The molecule has 0 bridgehead atoms. The quantitative estimate of drug-likeness (QED) is 0.545. The molecule has 0 aliphatic heterocycles. The second-order valence-electron chi connectivity index (χ2n) is 6.78. The fourth-order valence-electron chi connectivity index (χ4n) is 3.57. The predicted molar refractivity (Wildman–Crippen MR) is 98.4 cm³/mol. The lowest BCUT2D eigenvalue weighted by Gasteiger charge is -2.17. The number of benzene rings is 2. The summed E-state index contributed by atoms with van der Waals surface area (Å²) in [7, 11) is 0. The van der Waals surface area contributed by atoms with E-state index < -0.39 is 11.6 Å². The van der Waals surface area contributed by atoms with Gasteiger partial charge in [-0.3, -0.25) is 9.89 Å². The molecule has 4 rings (SSSR count). The number of H-pyrrole nitrogens is 2. The summed E-state index contributed by atoms with van der Waals surface area (Å²) in [4.78, 5) is 15.8. The lowest BCUT2D eigenvalue weighted by atomic mass is 9.89. The molecule has 0 aliphatic carbocycles. The van der Waals surface area contributed by atoms with Crippen LogP contribution in [0.3, 0.4) is 0 Å². The van der Waals surface area contributed by atoms with Crippen LogP contribution in [0.2, 0.25) is 0 Å². The van der Waals surface area contributed by atoms with Crippen LogP contribution in [0, 0.1) is 18.6 Å². The SMILES string of the molecule is Cc1c2[nH]ncc2cc2c(-c3ccc(F)c(F)c3)c(C(C)C)c(=O)[nH]c12. The van der Waals surface area contributed by atoms with E-state index in [0.29, 0.717) is 22.2 Å². The van der Waals surface area contributed by atoms with E-state index >= 15 is 0 Å². The van der Waals surface area contributed by atoms with Gasteiger partial charge in [-0.2, -0.15) is 5.10 Å². The number of nitrogens with zero attached hydrogens (tertiary/aromatic N) is 1. The van der Waals surface area contributed by atoms with Crippen molar-refractivity contribution in [3.8, 4) is 11.1 Å². The molecule has 0 saturated carbocycles. The van der Waals surface area contributed by atoms with Crippen LogP contribution in [0.5, 0.6) is 0 Å². The Morgan fingerprint density at radius 2 is 1.85 bits per heavy atom. The van der Waals surface area contributed by atoms with E-state index in [9.17, 15) is 13.6 Å². The number of nitrogens with one attached hydrogen (secondary N) is 2. The van der Waals surface area contributed by atoms with Crippen LogP contribution >= 0.6 is 0 Å². The van der Waals surface area contributed by atoms with Gasteiger partial charge in [0.05, 0.1) is 17.2 Å². The maximum Gasteiger partial charge on any atom is 0.252 e. The third-order valence-electron chi connectivity index (χ3n) is 4.80. The van der Waals surface area contributed by atoms with Crippen molar-refractivity contribution >= 4 is 21.8 Å². The average molecular weight is 353 g/mol. The molecule has 0 radical (unpaired) electrons. The fourth-order valence-corrected chi connectivity index (χ4v) is 3.57. The Hall–Kier alpha value is -3.02. The molecule has 0 atom stereocenters. The van der Waals surface area contributed by atoms with E-state index in [1.807, 2.05) is 26.8 Å². The molecule has 4 aromatic rings. The Labute approximate surface area is 147 Å². The molecule has 4 nitrogen and oxygen atoms in total. The van der Waals surface area contributed by atoms with Gasteiger partial charge in [0.25, 0.3) is 5.56 Å². The molecule has 0 spiro atoms. The Bertz CT molecular complexity index is 1220. The Morgan fingerprint density at radius 3 is 2.54 bits per heavy atom. The number of aromatic nitrogens is 3. The van der Waals surface area contributed by atoms with Crippen molar-refractivity contribution in [2.45, 2.75) is 26.7 Å². The zero-order valence-corrected chi connectivity index (χ0v) is 14.6. The molecular formula is C20H17F2N3O. The highest BCUT2D eigenvalue weighted by Gasteiger charge is 2.20. The van der Waals surface area contributed by atoms with Gasteiger partial charge in [-0.25, -0.2) is 8.78 Å². The second kappa shape index (κ2) is 5.76. The summed E-state index contributed by atoms with van der Waals surface area (Å²) in [5.41, 5.74) is 3.78. The van der Waals surface area contributed by atoms with Crippen molar-refractivity contribution in [2.75, 3.05) is 0 Å². The molecule has 0 saturated heterocycles. The van der Waals surface area contributed by atoms with Gasteiger partial charge in [-0.1, -0.05) is 19.9 Å². The summed E-state index contributed by atoms with van der Waals surface area (Å²) in [6, 6.07) is 5.66. The standard InChI is InChI=1S/C20H17F2N3O/c1-9(2)16-17(11-4-5-14(21)15(22)7-11)13-6-12-8-23-25-18(12)10(3)19(13)24-20(16)26/h4-9H,1-3H3,(H,23,25)(H,24,26). The van der Waals surface area contributed by atoms with E-state index in [2.05, 4.69) is 15.2 Å². The van der Waals surface area contributed by atoms with Crippen molar-refractivity contribution in [3.05, 3.63) is 63.6 Å². The van der Waals surface area contributed by atoms with Crippen molar-refractivity contribution < 1.29 is 8.78 Å². The topological polar surface area (TPSA) is 61.5 Å². The number of halogens is 2. The predicted octanol–water partition coefficient (Wildman–Crippen LogP) is 4.78. The van der Waals surface area contributed by atoms with Crippen molar-refractivity contribution in [2.24, 2.45) is 0 Å². The van der Waals surface area contributed by atoms with E-state index in [4.69, 9.17) is 0 Å². The number of aromatic amines is 2. The minimum atomic E-state index is -0.938. The molecule has 2 aromatic heterocycles. The highest BCUT2D eigenvalue weighted by molar-refractivity contribution is 6.05. The van der Waals surface area contributed by atoms with Gasteiger partial charge in [0.1, 0.15) is 0 Å². The second-order valence-corrected chi connectivity index (χ2v) is 6.78. The van der Waals surface area contributed by atoms with Gasteiger partial charge >= 0.3 is 0 Å². The van der Waals surface area contributed by atoms with Gasteiger partial charge in [0.15, 0.2) is 11.6 Å². The van der Waals surface area contributed by atoms with Crippen LogP contribution in [-0.2, 0) is 0 Å². The smallest absolute Gasteiger partial charge is 0.252 e. The molecule has 0 aliphatic rings. The number of hydrogen-bond donors (Lipinski definition) is 2. The normalized spacial score (nSPS) is 11.8. The summed E-state index contributed by atoms with van der Waals surface area (Å²) in [5.74, 6) is -1.94. The van der Waals surface area contributed by atoms with E-state index in [1.165, 1.54) is 6.07 Å². The van der Waals surface area contributed by atoms with Crippen LogP contribution in [0.25, 0.3) is 32.9 Å². The molecule has 2 N–H and O–H groups in total. The van der Waals surface area contributed by atoms with Crippen molar-refractivity contribution in [3.63, 3.8) is 0 Å². The molecule has 0 amide bonds. The molecule has 132 valence electrons. The molecular weight excluding hydrogens is 336 g/mol. The fraction of sp³-hybridized carbons (Fsp3) is 0.200. The van der Waals surface area contributed by atoms with Crippen LogP contribution < -0.4 is 5.56 Å². The highest BCUT2D eigenvalue weighted by Crippen LogP contribution is 2.36. The first-order valence-electron chi connectivity index (χ1n) is 8.36. The zero-order chi connectivity index (χ0) is 18.6. The number of pyridine rings is 1. The Kier molecular flexibility index (Phi) is 3.64. The molecule has 26 heavy (non-hydrogen) atoms. The van der Waals surface area contributed by atoms with Crippen LogP contribution in [0.15, 0.2) is 35.3 Å². The third-order valence-corrected chi connectivity index (χ3v) is 4.80. The lowest BCUT2D eigenvalue weighted by molar-refractivity contribution is 0.509. The minimum absolute atomic E-state index is 0.0911. The maximum atomic E-state index is 13.9. The van der Waals surface area contributed by atoms with Gasteiger partial charge in [0, 0.05) is 21.9 Å². The minimum Gasteiger partial charge on any atom is -0.321 e. The molecule has 2 aromatic carbocycles. The monoisotopic (exact) mass is 353 g/mol. The Balaban J connectivity index is 2.23. The Morgan fingerprint density at radius 1 is 1.08 bits per heavy atom. The zero-order valence-electron chi connectivity index (χ0n) is 14.6. The summed E-state index contributed by atoms with van der Waals surface area (Å²) in [6.45, 7) is 5.70. The first-order valence-corrected chi connectivity index (χ1v) is 8.36. The van der Waals surface area contributed by atoms with E-state index in [1.54, 1.807) is 6.20 Å². The van der Waals surface area contributed by atoms with Crippen molar-refractivity contribution in [1.29, 1.82) is 0 Å². The number of hydrogen-bond acceptors (Lipinski definition) is 2. The number of aryl methyl sites for hydroxylation is 1. The summed E-state index contributed by atoms with van der Waals surface area (Å²) < 4.78 is 27.3. The maximum absolute atomic E-state index is 13.9. The lowest BCUT2D eigenvalue weighted by Crippen LogP contribution is -2.16.